The standard InChI is InChI=1S/C27H28F6N2O4/c1-16-14-21(15-35-24(16)18-6-8-20(9-7-18)27(31,32)33)39-22(10-12-26(28,29)30)17-2-4-19(5-3-17)25(38)34-13-11-23(36)37/h2-9,14-15,22-23,25,34,36-38H,10-13H2,1H3. The third-order valence-electron chi connectivity index (χ3n) is 5.87. The number of rotatable bonds is 11. The first-order valence-corrected chi connectivity index (χ1v) is 12.0. The molecule has 0 saturated carbocycles. The molecule has 0 aliphatic heterocycles. The maximum Gasteiger partial charge on any atom is 0.416 e. The highest BCUT2D eigenvalue weighted by Gasteiger charge is 2.31. The molecule has 2 aromatic carbocycles. The van der Waals surface area contributed by atoms with Gasteiger partial charge < -0.3 is 20.1 Å². The molecule has 212 valence electrons. The molecular weight excluding hydrogens is 530 g/mol. The first-order valence-electron chi connectivity index (χ1n) is 12.0. The molecule has 1 heterocycles. The lowest BCUT2D eigenvalue weighted by molar-refractivity contribution is -0.139. The third kappa shape index (κ3) is 9.20. The summed E-state index contributed by atoms with van der Waals surface area (Å²) in [4.78, 5) is 4.27. The molecule has 39 heavy (non-hydrogen) atoms. The minimum absolute atomic E-state index is 0.00634. The van der Waals surface area contributed by atoms with Crippen molar-refractivity contribution in [2.45, 2.75) is 57.2 Å². The van der Waals surface area contributed by atoms with Crippen molar-refractivity contribution in [3.63, 3.8) is 0 Å². The topological polar surface area (TPSA) is 94.8 Å². The average molecular weight is 559 g/mol. The van der Waals surface area contributed by atoms with Gasteiger partial charge in [-0.05, 0) is 48.2 Å². The molecule has 0 spiro atoms. The molecule has 0 aliphatic rings. The highest BCUT2D eigenvalue weighted by Crippen LogP contribution is 2.34. The van der Waals surface area contributed by atoms with Gasteiger partial charge in [0.25, 0.3) is 0 Å². The van der Waals surface area contributed by atoms with Gasteiger partial charge in [-0.15, -0.1) is 0 Å². The van der Waals surface area contributed by atoms with Crippen LogP contribution in [0.15, 0.2) is 60.8 Å². The first-order chi connectivity index (χ1) is 18.2. The van der Waals surface area contributed by atoms with Crippen molar-refractivity contribution in [1.82, 2.24) is 10.3 Å². The number of nitrogens with one attached hydrogen (secondary N) is 1. The molecule has 3 rings (SSSR count). The van der Waals surface area contributed by atoms with Gasteiger partial charge in [-0.3, -0.25) is 10.3 Å². The second kappa shape index (κ2) is 12.8. The number of nitrogens with zero attached hydrogens (tertiary/aromatic N) is 1. The second-order valence-electron chi connectivity index (χ2n) is 8.96. The summed E-state index contributed by atoms with van der Waals surface area (Å²) >= 11 is 0. The van der Waals surface area contributed by atoms with E-state index in [1.54, 1.807) is 13.0 Å². The van der Waals surface area contributed by atoms with Crippen molar-refractivity contribution < 1.29 is 46.4 Å². The van der Waals surface area contributed by atoms with Crippen LogP contribution in [0.2, 0.25) is 0 Å². The molecule has 2 atom stereocenters. The summed E-state index contributed by atoms with van der Waals surface area (Å²) in [5, 5.41) is 30.7. The molecule has 0 aliphatic carbocycles. The number of benzene rings is 2. The summed E-state index contributed by atoms with van der Waals surface area (Å²) in [6.45, 7) is 1.78. The Morgan fingerprint density at radius 1 is 0.872 bits per heavy atom. The van der Waals surface area contributed by atoms with Crippen molar-refractivity contribution in [1.29, 1.82) is 0 Å². The fourth-order valence-corrected chi connectivity index (χ4v) is 3.85. The third-order valence-corrected chi connectivity index (χ3v) is 5.87. The van der Waals surface area contributed by atoms with Crippen LogP contribution in [0.3, 0.4) is 0 Å². The van der Waals surface area contributed by atoms with Crippen LogP contribution < -0.4 is 10.1 Å². The van der Waals surface area contributed by atoms with Gasteiger partial charge in [0.05, 0.1) is 17.5 Å². The number of pyridine rings is 1. The lowest BCUT2D eigenvalue weighted by atomic mass is 10.0. The van der Waals surface area contributed by atoms with E-state index in [-0.39, 0.29) is 18.7 Å². The summed E-state index contributed by atoms with van der Waals surface area (Å²) in [6, 6.07) is 12.1. The van der Waals surface area contributed by atoms with Crippen LogP contribution in [0.25, 0.3) is 11.3 Å². The SMILES string of the molecule is Cc1cc(OC(CCC(F)(F)F)c2ccc(C(O)NCCC(O)O)cc2)cnc1-c1ccc(C(F)(F)F)cc1. The van der Waals surface area contributed by atoms with E-state index in [2.05, 4.69) is 10.3 Å². The Hall–Kier alpha value is -3.19. The average Bonchev–Trinajstić information content (AvgIpc) is 2.85. The molecule has 6 nitrogen and oxygen atoms in total. The highest BCUT2D eigenvalue weighted by molar-refractivity contribution is 5.64. The number of aliphatic hydroxyl groups excluding tert-OH is 2. The molecule has 0 fully saturated rings. The molecule has 0 radical (unpaired) electrons. The predicted molar refractivity (Wildman–Crippen MR) is 130 cm³/mol. The Morgan fingerprint density at radius 2 is 1.49 bits per heavy atom. The minimum atomic E-state index is -4.47. The Kier molecular flexibility index (Phi) is 9.94. The van der Waals surface area contributed by atoms with Gasteiger partial charge in [0.2, 0.25) is 0 Å². The normalized spacial score (nSPS) is 13.9. The van der Waals surface area contributed by atoms with Crippen LogP contribution in [-0.2, 0) is 6.18 Å². The fraction of sp³-hybridized carbons (Fsp3) is 0.370. The predicted octanol–water partition coefficient (Wildman–Crippen LogP) is 5.82. The van der Waals surface area contributed by atoms with E-state index >= 15 is 0 Å². The number of aliphatic hydroxyl groups is 3. The number of aryl methyl sites for hydroxylation is 1. The van der Waals surface area contributed by atoms with E-state index in [0.717, 1.165) is 12.1 Å². The van der Waals surface area contributed by atoms with Crippen molar-refractivity contribution in [3.8, 4) is 17.0 Å². The van der Waals surface area contributed by atoms with Gasteiger partial charge in [0.15, 0.2) is 6.29 Å². The number of ether oxygens (including phenoxy) is 1. The van der Waals surface area contributed by atoms with Gasteiger partial charge in [-0.25, -0.2) is 0 Å². The lowest BCUT2D eigenvalue weighted by Crippen LogP contribution is -2.25. The summed E-state index contributed by atoms with van der Waals surface area (Å²) in [6.07, 6.45) is -12.8. The summed E-state index contributed by atoms with van der Waals surface area (Å²) in [5.74, 6) is 0.184. The Balaban J connectivity index is 1.77. The van der Waals surface area contributed by atoms with Crippen LogP contribution in [0.5, 0.6) is 5.75 Å². The van der Waals surface area contributed by atoms with E-state index in [1.165, 1.54) is 42.6 Å². The Morgan fingerprint density at radius 3 is 2.03 bits per heavy atom. The molecule has 2 unspecified atom stereocenters. The van der Waals surface area contributed by atoms with Crippen LogP contribution in [0.4, 0.5) is 26.3 Å². The van der Waals surface area contributed by atoms with E-state index < -0.39 is 49.4 Å². The first kappa shape index (κ1) is 30.4. The molecule has 0 bridgehead atoms. The number of hydrogen-bond acceptors (Lipinski definition) is 6. The minimum Gasteiger partial charge on any atom is -0.484 e. The summed E-state index contributed by atoms with van der Waals surface area (Å²) < 4.78 is 83.5. The molecule has 4 N–H and O–H groups in total. The Labute approximate surface area is 220 Å². The monoisotopic (exact) mass is 558 g/mol. The van der Waals surface area contributed by atoms with Crippen LogP contribution in [-0.4, -0.2) is 39.3 Å². The largest absolute Gasteiger partial charge is 0.484 e. The number of aromatic nitrogens is 1. The van der Waals surface area contributed by atoms with Crippen molar-refractivity contribution >= 4 is 0 Å². The molecule has 12 heteroatoms. The highest BCUT2D eigenvalue weighted by atomic mass is 19.4. The number of alkyl halides is 6. The van der Waals surface area contributed by atoms with Crippen molar-refractivity contribution in [2.24, 2.45) is 0 Å². The van der Waals surface area contributed by atoms with Gasteiger partial charge >= 0.3 is 12.4 Å². The van der Waals surface area contributed by atoms with E-state index in [4.69, 9.17) is 14.9 Å². The molecule has 1 aromatic heterocycles. The lowest BCUT2D eigenvalue weighted by Gasteiger charge is -2.22. The molecular formula is C27H28F6N2O4. The zero-order chi connectivity index (χ0) is 28.8. The molecule has 0 saturated heterocycles. The van der Waals surface area contributed by atoms with Crippen LogP contribution in [0.1, 0.15) is 53.8 Å². The van der Waals surface area contributed by atoms with Gasteiger partial charge in [0, 0.05) is 24.9 Å². The van der Waals surface area contributed by atoms with E-state index in [0.29, 0.717) is 27.9 Å². The smallest absolute Gasteiger partial charge is 0.416 e. The maximum absolute atomic E-state index is 13.0. The summed E-state index contributed by atoms with van der Waals surface area (Å²) in [7, 11) is 0. The van der Waals surface area contributed by atoms with E-state index in [9.17, 15) is 31.4 Å². The van der Waals surface area contributed by atoms with Gasteiger partial charge in [-0.2, -0.15) is 26.3 Å². The van der Waals surface area contributed by atoms with Gasteiger partial charge in [-0.1, -0.05) is 36.4 Å². The second-order valence-corrected chi connectivity index (χ2v) is 8.96. The van der Waals surface area contributed by atoms with E-state index in [1.807, 2.05) is 0 Å². The van der Waals surface area contributed by atoms with Crippen molar-refractivity contribution in [2.75, 3.05) is 6.54 Å². The Bertz CT molecular complexity index is 1200. The maximum atomic E-state index is 13.0. The molecule has 0 amide bonds. The number of halogens is 6. The molecule has 3 aromatic rings. The zero-order valence-electron chi connectivity index (χ0n) is 20.8. The zero-order valence-corrected chi connectivity index (χ0v) is 20.8. The van der Waals surface area contributed by atoms with Crippen LogP contribution in [0, 0.1) is 6.92 Å². The fourth-order valence-electron chi connectivity index (χ4n) is 3.85. The van der Waals surface area contributed by atoms with Gasteiger partial charge in [0.1, 0.15) is 18.1 Å². The number of hydrogen-bond donors (Lipinski definition) is 4. The summed E-state index contributed by atoms with van der Waals surface area (Å²) in [5.41, 5.74) is 1.44. The van der Waals surface area contributed by atoms with Crippen LogP contribution >= 0.6 is 0 Å². The quantitative estimate of drug-likeness (QED) is 0.175. The van der Waals surface area contributed by atoms with Crippen molar-refractivity contribution in [3.05, 3.63) is 83.0 Å².